The lowest BCUT2D eigenvalue weighted by atomic mass is 10.1. The number of ether oxygens (including phenoxy) is 2. The van der Waals surface area contributed by atoms with Crippen molar-refractivity contribution < 1.29 is 14.3 Å². The predicted octanol–water partition coefficient (Wildman–Crippen LogP) is 5.70. The molecule has 168 valence electrons. The second-order valence-corrected chi connectivity index (χ2v) is 8.51. The van der Waals surface area contributed by atoms with E-state index in [-0.39, 0.29) is 12.5 Å². The number of aromatic nitrogens is 2. The summed E-state index contributed by atoms with van der Waals surface area (Å²) in [6.07, 6.45) is 3.63. The van der Waals surface area contributed by atoms with Crippen LogP contribution in [0.25, 0.3) is 11.1 Å². The molecule has 0 saturated carbocycles. The van der Waals surface area contributed by atoms with E-state index >= 15 is 0 Å². The molecule has 0 aliphatic rings. The van der Waals surface area contributed by atoms with Crippen molar-refractivity contribution >= 4 is 23.4 Å². The van der Waals surface area contributed by atoms with E-state index in [9.17, 15) is 4.79 Å². The van der Waals surface area contributed by atoms with Gasteiger partial charge in [0, 0.05) is 22.4 Å². The topological polar surface area (TPSA) is 76.2 Å². The lowest BCUT2D eigenvalue weighted by molar-refractivity contribution is -0.118. The molecule has 4 aromatic rings. The summed E-state index contributed by atoms with van der Waals surface area (Å²) in [4.78, 5) is 13.6. The molecule has 1 aromatic heterocycles. The zero-order valence-corrected chi connectivity index (χ0v) is 19.3. The van der Waals surface area contributed by atoms with Crippen molar-refractivity contribution in [3.05, 3.63) is 90.3 Å². The zero-order chi connectivity index (χ0) is 23.0. The van der Waals surface area contributed by atoms with Gasteiger partial charge in [0.05, 0.1) is 19.0 Å². The number of thioether (sulfide) groups is 1. The van der Waals surface area contributed by atoms with Crippen molar-refractivity contribution in [1.29, 1.82) is 0 Å². The minimum Gasteiger partial charge on any atom is -0.497 e. The summed E-state index contributed by atoms with van der Waals surface area (Å²) in [5.74, 6) is 2.04. The summed E-state index contributed by atoms with van der Waals surface area (Å²) in [6, 6.07) is 21.6. The van der Waals surface area contributed by atoms with Gasteiger partial charge in [0.25, 0.3) is 5.91 Å². The highest BCUT2D eigenvalue weighted by atomic mass is 32.2. The summed E-state index contributed by atoms with van der Waals surface area (Å²) in [5.41, 5.74) is 5.00. The number of benzene rings is 3. The number of hydrogen-bond acceptors (Lipinski definition) is 5. The summed E-state index contributed by atoms with van der Waals surface area (Å²) in [5, 5.41) is 9.88. The fourth-order valence-corrected chi connectivity index (χ4v) is 4.26. The Labute approximate surface area is 197 Å². The molecule has 3 aromatic carbocycles. The van der Waals surface area contributed by atoms with E-state index in [4.69, 9.17) is 9.47 Å². The maximum Gasteiger partial charge on any atom is 0.262 e. The molecule has 0 bridgehead atoms. The van der Waals surface area contributed by atoms with Crippen molar-refractivity contribution in [3.8, 4) is 22.6 Å². The molecular weight excluding hydrogens is 434 g/mol. The Hall–Kier alpha value is -3.71. The summed E-state index contributed by atoms with van der Waals surface area (Å²) in [7, 11) is 1.66. The van der Waals surface area contributed by atoms with E-state index in [1.807, 2.05) is 73.8 Å². The van der Waals surface area contributed by atoms with Crippen LogP contribution in [0.3, 0.4) is 0 Å². The second-order valence-electron chi connectivity index (χ2n) is 7.49. The van der Waals surface area contributed by atoms with Gasteiger partial charge in [-0.2, -0.15) is 5.10 Å². The number of carbonyl (C=O) groups is 1. The molecule has 1 heterocycles. The van der Waals surface area contributed by atoms with E-state index in [0.29, 0.717) is 5.75 Å². The third-order valence-corrected chi connectivity index (χ3v) is 6.13. The Kier molecular flexibility index (Phi) is 7.32. The summed E-state index contributed by atoms with van der Waals surface area (Å²) in [6.45, 7) is 1.93. The first-order valence-corrected chi connectivity index (χ1v) is 11.5. The highest BCUT2D eigenvalue weighted by molar-refractivity contribution is 7.98. The van der Waals surface area contributed by atoms with Crippen molar-refractivity contribution in [2.24, 2.45) is 0 Å². The fraction of sp³-hybridized carbons (Fsp3) is 0.154. The van der Waals surface area contributed by atoms with Crippen molar-refractivity contribution in [2.45, 2.75) is 17.6 Å². The zero-order valence-electron chi connectivity index (χ0n) is 18.5. The molecule has 33 heavy (non-hydrogen) atoms. The van der Waals surface area contributed by atoms with Gasteiger partial charge in [-0.15, -0.1) is 11.8 Å². The number of methoxy groups -OCH3 is 1. The average Bonchev–Trinajstić information content (AvgIpc) is 3.38. The maximum atomic E-state index is 12.6. The molecule has 6 nitrogen and oxygen atoms in total. The van der Waals surface area contributed by atoms with Crippen LogP contribution in [0, 0.1) is 6.92 Å². The number of aryl methyl sites for hydroxylation is 1. The standard InChI is InChI=1S/C26H25N3O3S/c1-18-4-3-5-23(12-18)32-16-26(30)29-24-11-8-20(21-14-27-28-15-21)13-25(24)33-17-19-6-9-22(31-2)10-7-19/h3-15H,16-17H2,1-2H3,(H,27,28)(H,29,30). The first-order valence-electron chi connectivity index (χ1n) is 10.5. The van der Waals surface area contributed by atoms with Gasteiger partial charge in [0.2, 0.25) is 0 Å². The smallest absolute Gasteiger partial charge is 0.262 e. The number of rotatable bonds is 9. The van der Waals surface area contributed by atoms with Crippen LogP contribution in [0.15, 0.2) is 84.0 Å². The van der Waals surface area contributed by atoms with Crippen LogP contribution in [0.2, 0.25) is 0 Å². The van der Waals surface area contributed by atoms with Crippen molar-refractivity contribution in [3.63, 3.8) is 0 Å². The van der Waals surface area contributed by atoms with E-state index < -0.39 is 0 Å². The lowest BCUT2D eigenvalue weighted by Crippen LogP contribution is -2.20. The number of nitrogens with one attached hydrogen (secondary N) is 2. The first-order chi connectivity index (χ1) is 16.1. The van der Waals surface area contributed by atoms with Gasteiger partial charge in [0.1, 0.15) is 11.5 Å². The minimum atomic E-state index is -0.209. The van der Waals surface area contributed by atoms with E-state index in [1.165, 1.54) is 0 Å². The van der Waals surface area contributed by atoms with Crippen molar-refractivity contribution in [1.82, 2.24) is 10.2 Å². The third-order valence-electron chi connectivity index (χ3n) is 5.00. The average molecular weight is 460 g/mol. The normalized spacial score (nSPS) is 10.6. The molecule has 4 rings (SSSR count). The van der Waals surface area contributed by atoms with Gasteiger partial charge in [-0.1, -0.05) is 30.3 Å². The van der Waals surface area contributed by atoms with E-state index in [0.717, 1.165) is 44.3 Å². The van der Waals surface area contributed by atoms with Gasteiger partial charge in [-0.3, -0.25) is 9.89 Å². The number of aromatic amines is 1. The monoisotopic (exact) mass is 459 g/mol. The number of hydrogen-bond donors (Lipinski definition) is 2. The van der Waals surface area contributed by atoms with Gasteiger partial charge >= 0.3 is 0 Å². The number of nitrogens with zero attached hydrogens (tertiary/aromatic N) is 1. The van der Waals surface area contributed by atoms with Crippen LogP contribution in [0.1, 0.15) is 11.1 Å². The molecular formula is C26H25N3O3S. The fourth-order valence-electron chi connectivity index (χ4n) is 3.26. The SMILES string of the molecule is COc1ccc(CSc2cc(-c3cn[nH]c3)ccc2NC(=O)COc2cccc(C)c2)cc1. The molecule has 0 unspecified atom stereocenters. The molecule has 0 atom stereocenters. The highest BCUT2D eigenvalue weighted by Gasteiger charge is 2.11. The molecule has 0 radical (unpaired) electrons. The number of H-pyrrole nitrogens is 1. The van der Waals surface area contributed by atoms with Crippen LogP contribution in [-0.2, 0) is 10.5 Å². The Morgan fingerprint density at radius 1 is 1.03 bits per heavy atom. The molecule has 0 aliphatic carbocycles. The van der Waals surface area contributed by atoms with E-state index in [1.54, 1.807) is 25.1 Å². The Balaban J connectivity index is 1.48. The Morgan fingerprint density at radius 2 is 1.88 bits per heavy atom. The van der Waals surface area contributed by atoms with Gasteiger partial charge in [-0.05, 0) is 60.0 Å². The van der Waals surface area contributed by atoms with Crippen LogP contribution in [0.4, 0.5) is 5.69 Å². The first kappa shape index (κ1) is 22.5. The minimum absolute atomic E-state index is 0.0600. The van der Waals surface area contributed by atoms with Gasteiger partial charge < -0.3 is 14.8 Å². The van der Waals surface area contributed by atoms with Crippen molar-refractivity contribution in [2.75, 3.05) is 19.0 Å². The van der Waals surface area contributed by atoms with Crippen LogP contribution in [0.5, 0.6) is 11.5 Å². The largest absolute Gasteiger partial charge is 0.497 e. The molecule has 0 spiro atoms. The summed E-state index contributed by atoms with van der Waals surface area (Å²) < 4.78 is 10.9. The molecule has 0 saturated heterocycles. The number of amides is 1. The Morgan fingerprint density at radius 3 is 2.61 bits per heavy atom. The Bertz CT molecular complexity index is 1210. The van der Waals surface area contributed by atoms with E-state index in [2.05, 4.69) is 21.6 Å². The van der Waals surface area contributed by atoms with Crippen LogP contribution < -0.4 is 14.8 Å². The third kappa shape index (κ3) is 6.17. The number of anilines is 1. The lowest BCUT2D eigenvalue weighted by Gasteiger charge is -2.13. The summed E-state index contributed by atoms with van der Waals surface area (Å²) >= 11 is 1.66. The van der Waals surface area contributed by atoms with Gasteiger partial charge in [-0.25, -0.2) is 0 Å². The molecule has 0 fully saturated rings. The maximum absolute atomic E-state index is 12.6. The molecule has 0 aliphatic heterocycles. The van der Waals surface area contributed by atoms with Crippen LogP contribution >= 0.6 is 11.8 Å². The van der Waals surface area contributed by atoms with Crippen LogP contribution in [-0.4, -0.2) is 29.8 Å². The van der Waals surface area contributed by atoms with Gasteiger partial charge in [0.15, 0.2) is 6.61 Å². The molecule has 7 heteroatoms. The highest BCUT2D eigenvalue weighted by Crippen LogP contribution is 2.34. The molecule has 1 amide bonds. The molecule has 2 N–H and O–H groups in total. The predicted molar refractivity (Wildman–Crippen MR) is 132 cm³/mol. The quantitative estimate of drug-likeness (QED) is 0.314. The number of carbonyl (C=O) groups excluding carboxylic acids is 1. The second kappa shape index (κ2) is 10.7.